The number of hydrogen-bond acceptors (Lipinski definition) is 2. The zero-order valence-electron chi connectivity index (χ0n) is 13.3. The highest BCUT2D eigenvalue weighted by Gasteiger charge is 2.35. The van der Waals surface area contributed by atoms with E-state index >= 15 is 0 Å². The number of rotatable bonds is 6. The summed E-state index contributed by atoms with van der Waals surface area (Å²) in [5, 5.41) is 0. The van der Waals surface area contributed by atoms with Gasteiger partial charge in [0.2, 0.25) is 0 Å². The lowest BCUT2D eigenvalue weighted by Crippen LogP contribution is -2.44. The first kappa shape index (κ1) is 15.5. The van der Waals surface area contributed by atoms with Crippen LogP contribution in [-0.2, 0) is 0 Å². The summed E-state index contributed by atoms with van der Waals surface area (Å²) in [6, 6.07) is 12.2. The molecule has 3 atom stereocenters. The first-order valence-corrected chi connectivity index (χ1v) is 8.19. The summed E-state index contributed by atoms with van der Waals surface area (Å²) in [4.78, 5) is 2.71. The van der Waals surface area contributed by atoms with Crippen LogP contribution in [0, 0.1) is 11.8 Å². The Hall–Kier alpha value is -0.860. The Kier molecular flexibility index (Phi) is 5.62. The van der Waals surface area contributed by atoms with Gasteiger partial charge in [-0.2, -0.15) is 0 Å². The van der Waals surface area contributed by atoms with Crippen molar-refractivity contribution in [2.75, 3.05) is 13.1 Å². The molecule has 0 heterocycles. The van der Waals surface area contributed by atoms with Crippen LogP contribution in [0.15, 0.2) is 30.3 Å². The Balaban J connectivity index is 2.26. The van der Waals surface area contributed by atoms with Crippen LogP contribution in [0.1, 0.15) is 51.6 Å². The van der Waals surface area contributed by atoms with Gasteiger partial charge in [-0.1, -0.05) is 57.5 Å². The van der Waals surface area contributed by atoms with Crippen molar-refractivity contribution in [3.63, 3.8) is 0 Å². The molecule has 0 saturated heterocycles. The van der Waals surface area contributed by atoms with E-state index in [-0.39, 0.29) is 0 Å². The van der Waals surface area contributed by atoms with E-state index in [1.54, 1.807) is 0 Å². The third kappa shape index (κ3) is 3.24. The van der Waals surface area contributed by atoms with Crippen molar-refractivity contribution in [3.05, 3.63) is 35.9 Å². The largest absolute Gasteiger partial charge is 0.330 e. The summed E-state index contributed by atoms with van der Waals surface area (Å²) in [5.41, 5.74) is 7.46. The molecule has 2 rings (SSSR count). The molecule has 0 amide bonds. The molecule has 3 unspecified atom stereocenters. The maximum absolute atomic E-state index is 6.00. The SMILES string of the molecule is CCN(C1CCCC1CN)C(c1ccccc1)C(C)C. The molecular weight excluding hydrogens is 244 g/mol. The minimum atomic E-state index is 0.512. The smallest absolute Gasteiger partial charge is 0.0373 e. The standard InChI is InChI=1S/C18H30N2/c1-4-20(17-12-8-11-16(17)13-19)18(14(2)3)15-9-6-5-7-10-15/h5-7,9-10,14,16-18H,4,8,11-13,19H2,1-3H3. The third-order valence-corrected chi connectivity index (χ3v) is 4.84. The molecule has 2 heteroatoms. The second-order valence-electron chi connectivity index (χ2n) is 6.42. The number of nitrogens with two attached hydrogens (primary N) is 1. The Bertz CT molecular complexity index is 388. The van der Waals surface area contributed by atoms with Crippen LogP contribution in [0.2, 0.25) is 0 Å². The molecule has 1 saturated carbocycles. The van der Waals surface area contributed by atoms with Gasteiger partial charge in [-0.05, 0) is 43.3 Å². The van der Waals surface area contributed by atoms with E-state index < -0.39 is 0 Å². The van der Waals surface area contributed by atoms with Crippen molar-refractivity contribution in [1.29, 1.82) is 0 Å². The van der Waals surface area contributed by atoms with Crippen LogP contribution in [0.5, 0.6) is 0 Å². The lowest BCUT2D eigenvalue weighted by atomic mass is 9.90. The summed E-state index contributed by atoms with van der Waals surface area (Å²) in [6.45, 7) is 8.92. The van der Waals surface area contributed by atoms with E-state index in [2.05, 4.69) is 56.0 Å². The van der Waals surface area contributed by atoms with Crippen molar-refractivity contribution in [2.45, 2.75) is 52.1 Å². The second kappa shape index (κ2) is 7.24. The Morgan fingerprint density at radius 2 is 1.90 bits per heavy atom. The van der Waals surface area contributed by atoms with Crippen LogP contribution in [0.3, 0.4) is 0 Å². The molecule has 1 aliphatic rings. The van der Waals surface area contributed by atoms with Gasteiger partial charge in [0, 0.05) is 12.1 Å². The van der Waals surface area contributed by atoms with Crippen LogP contribution >= 0.6 is 0 Å². The molecule has 2 nitrogen and oxygen atoms in total. The zero-order valence-corrected chi connectivity index (χ0v) is 13.3. The van der Waals surface area contributed by atoms with Crippen molar-refractivity contribution in [3.8, 4) is 0 Å². The molecule has 0 spiro atoms. The molecule has 1 fully saturated rings. The molecular formula is C18H30N2. The molecule has 1 aliphatic carbocycles. The number of benzene rings is 1. The van der Waals surface area contributed by atoms with Gasteiger partial charge in [0.15, 0.2) is 0 Å². The fourth-order valence-electron chi connectivity index (χ4n) is 3.98. The molecule has 112 valence electrons. The number of hydrogen-bond donors (Lipinski definition) is 1. The van der Waals surface area contributed by atoms with E-state index in [0.717, 1.165) is 13.1 Å². The summed E-state index contributed by atoms with van der Waals surface area (Å²) in [6.07, 6.45) is 3.95. The Morgan fingerprint density at radius 1 is 1.20 bits per heavy atom. The molecule has 1 aromatic rings. The lowest BCUT2D eigenvalue weighted by Gasteiger charge is -2.40. The van der Waals surface area contributed by atoms with Crippen LogP contribution in [0.4, 0.5) is 0 Å². The van der Waals surface area contributed by atoms with Gasteiger partial charge in [0.05, 0.1) is 0 Å². The average molecular weight is 274 g/mol. The second-order valence-corrected chi connectivity index (χ2v) is 6.42. The third-order valence-electron chi connectivity index (χ3n) is 4.84. The molecule has 0 aliphatic heterocycles. The van der Waals surface area contributed by atoms with Crippen molar-refractivity contribution >= 4 is 0 Å². The van der Waals surface area contributed by atoms with Crippen LogP contribution in [-0.4, -0.2) is 24.0 Å². The average Bonchev–Trinajstić information content (AvgIpc) is 2.93. The van der Waals surface area contributed by atoms with Gasteiger partial charge in [-0.25, -0.2) is 0 Å². The minimum Gasteiger partial charge on any atom is -0.330 e. The Morgan fingerprint density at radius 3 is 2.45 bits per heavy atom. The van der Waals surface area contributed by atoms with Crippen LogP contribution < -0.4 is 5.73 Å². The van der Waals surface area contributed by atoms with E-state index in [9.17, 15) is 0 Å². The maximum Gasteiger partial charge on any atom is 0.0373 e. The highest BCUT2D eigenvalue weighted by atomic mass is 15.2. The molecule has 0 aromatic heterocycles. The first-order chi connectivity index (χ1) is 9.69. The van der Waals surface area contributed by atoms with Gasteiger partial charge in [-0.3, -0.25) is 4.90 Å². The summed E-state index contributed by atoms with van der Waals surface area (Å²) in [7, 11) is 0. The predicted molar refractivity (Wildman–Crippen MR) is 86.6 cm³/mol. The maximum atomic E-state index is 6.00. The van der Waals surface area contributed by atoms with Gasteiger partial charge in [0.25, 0.3) is 0 Å². The van der Waals surface area contributed by atoms with Gasteiger partial charge < -0.3 is 5.73 Å². The minimum absolute atomic E-state index is 0.512. The van der Waals surface area contributed by atoms with Gasteiger partial charge in [-0.15, -0.1) is 0 Å². The molecule has 20 heavy (non-hydrogen) atoms. The van der Waals surface area contributed by atoms with E-state index in [0.29, 0.717) is 23.9 Å². The normalized spacial score (nSPS) is 24.5. The molecule has 0 radical (unpaired) electrons. The number of nitrogens with zero attached hydrogens (tertiary/aromatic N) is 1. The van der Waals surface area contributed by atoms with Crippen molar-refractivity contribution in [2.24, 2.45) is 17.6 Å². The summed E-state index contributed by atoms with van der Waals surface area (Å²) < 4.78 is 0. The van der Waals surface area contributed by atoms with E-state index in [1.807, 2.05) is 0 Å². The predicted octanol–water partition coefficient (Wildman–Crippen LogP) is 3.83. The quantitative estimate of drug-likeness (QED) is 0.854. The fourth-order valence-corrected chi connectivity index (χ4v) is 3.98. The van der Waals surface area contributed by atoms with E-state index in [1.165, 1.54) is 24.8 Å². The Labute approximate surface area is 124 Å². The van der Waals surface area contributed by atoms with Crippen molar-refractivity contribution in [1.82, 2.24) is 4.90 Å². The van der Waals surface area contributed by atoms with Gasteiger partial charge >= 0.3 is 0 Å². The highest BCUT2D eigenvalue weighted by Crippen LogP contribution is 2.37. The van der Waals surface area contributed by atoms with Gasteiger partial charge in [0.1, 0.15) is 0 Å². The zero-order chi connectivity index (χ0) is 14.5. The van der Waals surface area contributed by atoms with Crippen LogP contribution in [0.25, 0.3) is 0 Å². The highest BCUT2D eigenvalue weighted by molar-refractivity contribution is 5.20. The summed E-state index contributed by atoms with van der Waals surface area (Å²) in [5.74, 6) is 1.30. The van der Waals surface area contributed by atoms with E-state index in [4.69, 9.17) is 5.73 Å². The molecule has 2 N–H and O–H groups in total. The summed E-state index contributed by atoms with van der Waals surface area (Å²) >= 11 is 0. The topological polar surface area (TPSA) is 29.3 Å². The molecule has 1 aromatic carbocycles. The lowest BCUT2D eigenvalue weighted by molar-refractivity contribution is 0.0857. The monoisotopic (exact) mass is 274 g/mol. The molecule has 0 bridgehead atoms. The first-order valence-electron chi connectivity index (χ1n) is 8.19. The fraction of sp³-hybridized carbons (Fsp3) is 0.667. The van der Waals surface area contributed by atoms with Crippen molar-refractivity contribution < 1.29 is 0 Å².